The lowest BCUT2D eigenvalue weighted by Crippen LogP contribution is -2.23. The summed E-state index contributed by atoms with van der Waals surface area (Å²) in [5.41, 5.74) is 7.33. The maximum Gasteiger partial charge on any atom is 0.251 e. The summed E-state index contributed by atoms with van der Waals surface area (Å²) < 4.78 is 25.8. The molecule has 3 N–H and O–H groups in total. The van der Waals surface area contributed by atoms with Gasteiger partial charge in [-0.2, -0.15) is 0 Å². The molecule has 0 spiro atoms. The van der Waals surface area contributed by atoms with Crippen molar-refractivity contribution in [3.8, 4) is 0 Å². The molecule has 0 atom stereocenters. The fourth-order valence-corrected chi connectivity index (χ4v) is 1.77. The number of hydrogen-bond acceptors (Lipinski definition) is 2. The molecule has 2 rings (SSSR count). The number of benzene rings is 2. The number of amides is 1. The zero-order valence-electron chi connectivity index (χ0n) is 10.7. The zero-order chi connectivity index (χ0) is 14.5. The second kappa shape index (κ2) is 6.25. The highest BCUT2D eigenvalue weighted by atomic mass is 19.2. The molecule has 20 heavy (non-hydrogen) atoms. The van der Waals surface area contributed by atoms with Gasteiger partial charge in [0.05, 0.1) is 0 Å². The van der Waals surface area contributed by atoms with E-state index in [0.29, 0.717) is 17.7 Å². The predicted octanol–water partition coefficient (Wildman–Crippen LogP) is 2.35. The van der Waals surface area contributed by atoms with Crippen LogP contribution in [0.3, 0.4) is 0 Å². The Morgan fingerprint density at radius 2 is 1.85 bits per heavy atom. The van der Waals surface area contributed by atoms with Crippen molar-refractivity contribution in [2.24, 2.45) is 5.73 Å². The average molecular weight is 276 g/mol. The van der Waals surface area contributed by atoms with Crippen LogP contribution in [0.4, 0.5) is 8.78 Å². The second-order valence-electron chi connectivity index (χ2n) is 4.34. The number of hydrogen-bond donors (Lipinski definition) is 2. The van der Waals surface area contributed by atoms with Crippen LogP contribution in [0.2, 0.25) is 0 Å². The molecule has 0 heterocycles. The molecule has 0 aromatic heterocycles. The van der Waals surface area contributed by atoms with Gasteiger partial charge in [0.2, 0.25) is 0 Å². The van der Waals surface area contributed by atoms with E-state index in [1.54, 1.807) is 18.2 Å². The van der Waals surface area contributed by atoms with Crippen molar-refractivity contribution in [1.29, 1.82) is 0 Å². The third-order valence-electron chi connectivity index (χ3n) is 2.86. The van der Waals surface area contributed by atoms with E-state index in [2.05, 4.69) is 5.32 Å². The molecule has 3 nitrogen and oxygen atoms in total. The SMILES string of the molecule is NCc1cccc(C(=O)NCc2ccc(F)c(F)c2)c1. The van der Waals surface area contributed by atoms with E-state index in [0.717, 1.165) is 17.7 Å². The highest BCUT2D eigenvalue weighted by Crippen LogP contribution is 2.09. The molecule has 0 aliphatic heterocycles. The Kier molecular flexibility index (Phi) is 4.42. The van der Waals surface area contributed by atoms with Crippen LogP contribution in [0, 0.1) is 11.6 Å². The van der Waals surface area contributed by atoms with Gasteiger partial charge in [-0.25, -0.2) is 8.78 Å². The number of rotatable bonds is 4. The van der Waals surface area contributed by atoms with Crippen LogP contribution in [0.5, 0.6) is 0 Å². The molecule has 2 aromatic carbocycles. The number of nitrogens with two attached hydrogens (primary N) is 1. The van der Waals surface area contributed by atoms with Crippen LogP contribution in [0.15, 0.2) is 42.5 Å². The van der Waals surface area contributed by atoms with Crippen molar-refractivity contribution < 1.29 is 13.6 Å². The van der Waals surface area contributed by atoms with Crippen molar-refractivity contribution in [3.63, 3.8) is 0 Å². The molecule has 0 radical (unpaired) electrons. The Bertz CT molecular complexity index is 629. The monoisotopic (exact) mass is 276 g/mol. The van der Waals surface area contributed by atoms with Crippen LogP contribution < -0.4 is 11.1 Å². The quantitative estimate of drug-likeness (QED) is 0.900. The van der Waals surface area contributed by atoms with Gasteiger partial charge < -0.3 is 11.1 Å². The lowest BCUT2D eigenvalue weighted by Gasteiger charge is -2.07. The topological polar surface area (TPSA) is 55.1 Å². The number of carbonyl (C=O) groups excluding carboxylic acids is 1. The minimum atomic E-state index is -0.929. The van der Waals surface area contributed by atoms with Crippen LogP contribution >= 0.6 is 0 Å². The number of carbonyl (C=O) groups is 1. The van der Waals surface area contributed by atoms with Crippen molar-refractivity contribution in [1.82, 2.24) is 5.32 Å². The molecule has 0 fully saturated rings. The van der Waals surface area contributed by atoms with Gasteiger partial charge in [0.25, 0.3) is 5.91 Å². The summed E-state index contributed by atoms with van der Waals surface area (Å²) in [6.45, 7) is 0.479. The van der Waals surface area contributed by atoms with Gasteiger partial charge in [-0.15, -0.1) is 0 Å². The normalized spacial score (nSPS) is 10.3. The van der Waals surface area contributed by atoms with Crippen molar-refractivity contribution >= 4 is 5.91 Å². The van der Waals surface area contributed by atoms with E-state index in [1.807, 2.05) is 6.07 Å². The summed E-state index contributed by atoms with van der Waals surface area (Å²) in [7, 11) is 0. The lowest BCUT2D eigenvalue weighted by atomic mass is 10.1. The third-order valence-corrected chi connectivity index (χ3v) is 2.86. The molecule has 5 heteroatoms. The molecular formula is C15H14F2N2O. The van der Waals surface area contributed by atoms with Crippen LogP contribution in [0.25, 0.3) is 0 Å². The molecule has 0 saturated heterocycles. The summed E-state index contributed by atoms with van der Waals surface area (Å²) in [6, 6.07) is 10.5. The first-order valence-electron chi connectivity index (χ1n) is 6.11. The Balaban J connectivity index is 2.02. The molecule has 2 aromatic rings. The van der Waals surface area contributed by atoms with Crippen LogP contribution in [-0.2, 0) is 13.1 Å². The Morgan fingerprint density at radius 3 is 2.55 bits per heavy atom. The Hall–Kier alpha value is -2.27. The number of halogens is 2. The van der Waals surface area contributed by atoms with Crippen LogP contribution in [-0.4, -0.2) is 5.91 Å². The smallest absolute Gasteiger partial charge is 0.251 e. The Labute approximate surface area is 115 Å². The summed E-state index contributed by atoms with van der Waals surface area (Å²) in [5, 5.41) is 2.64. The highest BCUT2D eigenvalue weighted by Gasteiger charge is 2.07. The largest absolute Gasteiger partial charge is 0.348 e. The Morgan fingerprint density at radius 1 is 1.05 bits per heavy atom. The van der Waals surface area contributed by atoms with E-state index in [9.17, 15) is 13.6 Å². The molecule has 0 aliphatic rings. The van der Waals surface area contributed by atoms with Gasteiger partial charge in [0.15, 0.2) is 11.6 Å². The number of nitrogens with one attached hydrogen (secondary N) is 1. The van der Waals surface area contributed by atoms with Gasteiger partial charge in [-0.3, -0.25) is 4.79 Å². The zero-order valence-corrected chi connectivity index (χ0v) is 10.7. The van der Waals surface area contributed by atoms with Crippen molar-refractivity contribution in [2.75, 3.05) is 0 Å². The third kappa shape index (κ3) is 3.39. The van der Waals surface area contributed by atoms with Gasteiger partial charge in [0.1, 0.15) is 0 Å². The highest BCUT2D eigenvalue weighted by molar-refractivity contribution is 5.94. The molecule has 0 bridgehead atoms. The summed E-state index contributed by atoms with van der Waals surface area (Å²) >= 11 is 0. The van der Waals surface area contributed by atoms with Crippen LogP contribution in [0.1, 0.15) is 21.5 Å². The van der Waals surface area contributed by atoms with E-state index >= 15 is 0 Å². The summed E-state index contributed by atoms with van der Waals surface area (Å²) in [5.74, 6) is -2.12. The first kappa shape index (κ1) is 14.1. The summed E-state index contributed by atoms with van der Waals surface area (Å²) in [4.78, 5) is 11.9. The average Bonchev–Trinajstić information content (AvgIpc) is 2.48. The predicted molar refractivity (Wildman–Crippen MR) is 71.9 cm³/mol. The van der Waals surface area contributed by atoms with E-state index in [1.165, 1.54) is 6.07 Å². The fourth-order valence-electron chi connectivity index (χ4n) is 1.77. The van der Waals surface area contributed by atoms with E-state index in [4.69, 9.17) is 5.73 Å². The molecule has 1 amide bonds. The van der Waals surface area contributed by atoms with Gasteiger partial charge in [-0.1, -0.05) is 18.2 Å². The standard InChI is InChI=1S/C15H14F2N2O/c16-13-5-4-11(7-14(13)17)9-19-15(20)12-3-1-2-10(6-12)8-18/h1-7H,8-9,18H2,(H,19,20). The van der Waals surface area contributed by atoms with Gasteiger partial charge in [-0.05, 0) is 35.4 Å². The maximum absolute atomic E-state index is 13.0. The minimum absolute atomic E-state index is 0.128. The second-order valence-corrected chi connectivity index (χ2v) is 4.34. The minimum Gasteiger partial charge on any atom is -0.348 e. The fraction of sp³-hybridized carbons (Fsp3) is 0.133. The molecule has 104 valence electrons. The molecule has 0 unspecified atom stereocenters. The van der Waals surface area contributed by atoms with Gasteiger partial charge in [0, 0.05) is 18.7 Å². The summed E-state index contributed by atoms with van der Waals surface area (Å²) in [6.07, 6.45) is 0. The van der Waals surface area contributed by atoms with E-state index in [-0.39, 0.29) is 12.5 Å². The van der Waals surface area contributed by atoms with E-state index < -0.39 is 11.6 Å². The van der Waals surface area contributed by atoms with Crippen molar-refractivity contribution in [2.45, 2.75) is 13.1 Å². The molecule has 0 aliphatic carbocycles. The first-order chi connectivity index (χ1) is 9.60. The van der Waals surface area contributed by atoms with Crippen molar-refractivity contribution in [3.05, 3.63) is 70.8 Å². The maximum atomic E-state index is 13.0. The molecular weight excluding hydrogens is 262 g/mol. The molecule has 0 saturated carbocycles. The lowest BCUT2D eigenvalue weighted by molar-refractivity contribution is 0.0950. The van der Waals surface area contributed by atoms with Gasteiger partial charge >= 0.3 is 0 Å². The first-order valence-corrected chi connectivity index (χ1v) is 6.11.